The van der Waals surface area contributed by atoms with Gasteiger partial charge in [-0.25, -0.2) is 4.39 Å². The molecule has 17 heavy (non-hydrogen) atoms. The summed E-state index contributed by atoms with van der Waals surface area (Å²) in [7, 11) is 3.21. The van der Waals surface area contributed by atoms with E-state index in [2.05, 4.69) is 5.10 Å². The maximum atomic E-state index is 14.2. The van der Waals surface area contributed by atoms with Crippen molar-refractivity contribution >= 4 is 5.82 Å². The van der Waals surface area contributed by atoms with Gasteiger partial charge in [-0.3, -0.25) is 4.68 Å². The minimum Gasteiger partial charge on any atom is -0.496 e. The topological polar surface area (TPSA) is 53.1 Å². The van der Waals surface area contributed by atoms with Gasteiger partial charge in [-0.05, 0) is 18.6 Å². The number of hydrogen-bond donors (Lipinski definition) is 1. The lowest BCUT2D eigenvalue weighted by Gasteiger charge is -2.10. The van der Waals surface area contributed by atoms with E-state index in [-0.39, 0.29) is 5.82 Å². The van der Waals surface area contributed by atoms with Crippen LogP contribution in [0.5, 0.6) is 5.75 Å². The number of nitrogens with two attached hydrogens (primary N) is 1. The Balaban J connectivity index is 2.73. The Labute approximate surface area is 98.8 Å². The minimum absolute atomic E-state index is 0.330. The van der Waals surface area contributed by atoms with E-state index in [1.54, 1.807) is 26.1 Å². The van der Waals surface area contributed by atoms with E-state index in [0.29, 0.717) is 28.3 Å². The number of halogens is 1. The molecule has 0 aliphatic carbocycles. The highest BCUT2D eigenvalue weighted by molar-refractivity contribution is 5.79. The number of ether oxygens (including phenoxy) is 1. The van der Waals surface area contributed by atoms with Gasteiger partial charge in [0.05, 0.1) is 24.4 Å². The van der Waals surface area contributed by atoms with E-state index in [1.807, 2.05) is 0 Å². The molecule has 0 saturated heterocycles. The Hall–Kier alpha value is -2.04. The van der Waals surface area contributed by atoms with Gasteiger partial charge in [-0.1, -0.05) is 6.07 Å². The smallest absolute Gasteiger partial charge is 0.137 e. The zero-order valence-corrected chi connectivity index (χ0v) is 9.99. The van der Waals surface area contributed by atoms with Gasteiger partial charge in [0.15, 0.2) is 0 Å². The van der Waals surface area contributed by atoms with Gasteiger partial charge in [0.25, 0.3) is 0 Å². The van der Waals surface area contributed by atoms with Gasteiger partial charge in [0.1, 0.15) is 17.4 Å². The molecule has 0 bridgehead atoms. The van der Waals surface area contributed by atoms with Crippen LogP contribution in [-0.4, -0.2) is 16.9 Å². The van der Waals surface area contributed by atoms with Crippen LogP contribution in [0.4, 0.5) is 10.2 Å². The van der Waals surface area contributed by atoms with Gasteiger partial charge in [0, 0.05) is 7.05 Å². The van der Waals surface area contributed by atoms with E-state index in [1.165, 1.54) is 18.0 Å². The van der Waals surface area contributed by atoms with Gasteiger partial charge in [0.2, 0.25) is 0 Å². The van der Waals surface area contributed by atoms with Crippen LogP contribution in [0.1, 0.15) is 5.56 Å². The number of nitrogens with zero attached hydrogens (tertiary/aromatic N) is 2. The van der Waals surface area contributed by atoms with Crippen molar-refractivity contribution in [2.45, 2.75) is 6.92 Å². The van der Waals surface area contributed by atoms with Crippen LogP contribution in [0, 0.1) is 12.7 Å². The summed E-state index contributed by atoms with van der Waals surface area (Å²) in [4.78, 5) is 0. The second-order valence-corrected chi connectivity index (χ2v) is 3.84. The summed E-state index contributed by atoms with van der Waals surface area (Å²) >= 11 is 0. The molecule has 1 aromatic carbocycles. The number of hydrogen-bond acceptors (Lipinski definition) is 3. The molecule has 0 saturated carbocycles. The Morgan fingerprint density at radius 1 is 1.41 bits per heavy atom. The van der Waals surface area contributed by atoms with E-state index in [0.717, 1.165) is 0 Å². The number of rotatable bonds is 2. The van der Waals surface area contributed by atoms with Gasteiger partial charge >= 0.3 is 0 Å². The summed E-state index contributed by atoms with van der Waals surface area (Å²) in [6.07, 6.45) is 1.54. The second kappa shape index (κ2) is 4.08. The van der Waals surface area contributed by atoms with Crippen molar-refractivity contribution in [2.24, 2.45) is 7.05 Å². The highest BCUT2D eigenvalue weighted by atomic mass is 19.1. The Kier molecular flexibility index (Phi) is 2.75. The molecule has 0 atom stereocenters. The number of aryl methyl sites for hydroxylation is 2. The average Bonchev–Trinajstić information content (AvgIpc) is 2.64. The Morgan fingerprint density at radius 2 is 2.12 bits per heavy atom. The number of anilines is 1. The number of nitrogen functional groups attached to an aromatic ring is 1. The lowest BCUT2D eigenvalue weighted by molar-refractivity contribution is 0.413. The highest BCUT2D eigenvalue weighted by Crippen LogP contribution is 2.36. The molecule has 5 heteroatoms. The SMILES string of the molecule is COc1ccc(C)c(F)c1-c1cnn(C)c1N. The molecule has 2 aromatic rings. The maximum Gasteiger partial charge on any atom is 0.137 e. The maximum absolute atomic E-state index is 14.2. The van der Waals surface area contributed by atoms with Crippen molar-refractivity contribution in [3.63, 3.8) is 0 Å². The number of aromatic nitrogens is 2. The van der Waals surface area contributed by atoms with Gasteiger partial charge < -0.3 is 10.5 Å². The van der Waals surface area contributed by atoms with E-state index in [9.17, 15) is 4.39 Å². The fourth-order valence-corrected chi connectivity index (χ4v) is 1.72. The third-order valence-electron chi connectivity index (χ3n) is 2.77. The highest BCUT2D eigenvalue weighted by Gasteiger charge is 2.18. The molecular formula is C12H14FN3O. The summed E-state index contributed by atoms with van der Waals surface area (Å²) in [6, 6.07) is 3.39. The fraction of sp³-hybridized carbons (Fsp3) is 0.250. The molecule has 0 unspecified atom stereocenters. The molecule has 2 rings (SSSR count). The minimum atomic E-state index is -0.330. The van der Waals surface area contributed by atoms with Gasteiger partial charge in [-0.2, -0.15) is 5.10 Å². The lowest BCUT2D eigenvalue weighted by atomic mass is 10.0. The van der Waals surface area contributed by atoms with Crippen molar-refractivity contribution < 1.29 is 9.13 Å². The van der Waals surface area contributed by atoms with Crippen LogP contribution >= 0.6 is 0 Å². The largest absolute Gasteiger partial charge is 0.496 e. The molecule has 0 aliphatic rings. The molecule has 1 heterocycles. The van der Waals surface area contributed by atoms with E-state index >= 15 is 0 Å². The molecule has 0 spiro atoms. The third-order valence-corrected chi connectivity index (χ3v) is 2.77. The van der Waals surface area contributed by atoms with E-state index < -0.39 is 0 Å². The fourth-order valence-electron chi connectivity index (χ4n) is 1.72. The molecule has 2 N–H and O–H groups in total. The predicted molar refractivity (Wildman–Crippen MR) is 64.3 cm³/mol. The Bertz CT molecular complexity index is 563. The van der Waals surface area contributed by atoms with Crippen LogP contribution in [0.3, 0.4) is 0 Å². The van der Waals surface area contributed by atoms with E-state index in [4.69, 9.17) is 10.5 Å². The summed E-state index contributed by atoms with van der Waals surface area (Å²) in [5.74, 6) is 0.532. The summed E-state index contributed by atoms with van der Waals surface area (Å²) in [6.45, 7) is 1.70. The molecule has 0 radical (unpaired) electrons. The zero-order chi connectivity index (χ0) is 12.6. The normalized spacial score (nSPS) is 10.6. The predicted octanol–water partition coefficient (Wildman–Crippen LogP) is 2.13. The quantitative estimate of drug-likeness (QED) is 0.867. The molecule has 4 nitrogen and oxygen atoms in total. The average molecular weight is 235 g/mol. The third kappa shape index (κ3) is 1.73. The summed E-state index contributed by atoms with van der Waals surface area (Å²) < 4.78 is 20.8. The molecule has 0 aliphatic heterocycles. The monoisotopic (exact) mass is 235 g/mol. The number of methoxy groups -OCH3 is 1. The molecule has 90 valence electrons. The van der Waals surface area contributed by atoms with Crippen molar-refractivity contribution in [1.29, 1.82) is 0 Å². The summed E-state index contributed by atoms with van der Waals surface area (Å²) in [5.41, 5.74) is 7.31. The van der Waals surface area contributed by atoms with Crippen LogP contribution in [0.25, 0.3) is 11.1 Å². The first kappa shape index (κ1) is 11.4. The first-order valence-corrected chi connectivity index (χ1v) is 5.17. The lowest BCUT2D eigenvalue weighted by Crippen LogP contribution is -2.00. The molecule has 0 amide bonds. The first-order valence-electron chi connectivity index (χ1n) is 5.17. The standard InChI is InChI=1S/C12H14FN3O/c1-7-4-5-9(17-3)10(11(7)13)8-6-15-16(2)12(8)14/h4-6H,14H2,1-3H3. The van der Waals surface area contributed by atoms with Crippen molar-refractivity contribution in [2.75, 3.05) is 12.8 Å². The van der Waals surface area contributed by atoms with Crippen molar-refractivity contribution in [1.82, 2.24) is 9.78 Å². The molecular weight excluding hydrogens is 221 g/mol. The van der Waals surface area contributed by atoms with Crippen LogP contribution in [-0.2, 0) is 7.05 Å². The second-order valence-electron chi connectivity index (χ2n) is 3.84. The van der Waals surface area contributed by atoms with Crippen LogP contribution < -0.4 is 10.5 Å². The first-order chi connectivity index (χ1) is 8.06. The number of benzene rings is 1. The van der Waals surface area contributed by atoms with Crippen LogP contribution in [0.2, 0.25) is 0 Å². The summed E-state index contributed by atoms with van der Waals surface area (Å²) in [5, 5.41) is 4.01. The van der Waals surface area contributed by atoms with Crippen molar-refractivity contribution in [3.05, 3.63) is 29.7 Å². The molecule has 1 aromatic heterocycles. The Morgan fingerprint density at radius 3 is 2.65 bits per heavy atom. The zero-order valence-electron chi connectivity index (χ0n) is 9.99. The van der Waals surface area contributed by atoms with Crippen molar-refractivity contribution in [3.8, 4) is 16.9 Å². The van der Waals surface area contributed by atoms with Gasteiger partial charge in [-0.15, -0.1) is 0 Å². The van der Waals surface area contributed by atoms with Crippen LogP contribution in [0.15, 0.2) is 18.3 Å². The molecule has 0 fully saturated rings.